The molecular formula is C12H22ClN. The van der Waals surface area contributed by atoms with Gasteiger partial charge < -0.3 is 0 Å². The lowest BCUT2D eigenvalue weighted by atomic mass is 9.96. The van der Waals surface area contributed by atoms with Gasteiger partial charge in [-0.25, -0.2) is 0 Å². The average Bonchev–Trinajstić information content (AvgIpc) is 2.25. The largest absolute Gasteiger partial charge is 0.294 e. The summed E-state index contributed by atoms with van der Waals surface area (Å²) in [5.41, 5.74) is 0. The molecular weight excluding hydrogens is 194 g/mol. The summed E-state index contributed by atoms with van der Waals surface area (Å²) in [4.78, 5) is 4.67. The van der Waals surface area contributed by atoms with E-state index >= 15 is 0 Å². The molecule has 1 unspecified atom stereocenters. The third-order valence-corrected chi connectivity index (χ3v) is 3.19. The monoisotopic (exact) mass is 215 g/mol. The van der Waals surface area contributed by atoms with Crippen molar-refractivity contribution in [3.63, 3.8) is 0 Å². The lowest BCUT2D eigenvalue weighted by Crippen LogP contribution is -2.11. The van der Waals surface area contributed by atoms with E-state index in [2.05, 4.69) is 18.1 Å². The van der Waals surface area contributed by atoms with Crippen molar-refractivity contribution in [1.29, 1.82) is 0 Å². The Kier molecular flexibility index (Phi) is 6.25. The Labute approximate surface area is 92.9 Å². The molecule has 0 heterocycles. The normalized spacial score (nSPS) is 21.6. The summed E-state index contributed by atoms with van der Waals surface area (Å²) in [5.74, 6) is 1.39. The first-order valence-corrected chi connectivity index (χ1v) is 6.45. The second-order valence-corrected chi connectivity index (χ2v) is 4.78. The standard InChI is InChI=1S/C12H22ClN/c1-11(6-5-9-13)10-14-12-7-3-2-4-8-12/h10-12H,2-9H2,1H3. The summed E-state index contributed by atoms with van der Waals surface area (Å²) >= 11 is 5.65. The Morgan fingerprint density at radius 3 is 2.71 bits per heavy atom. The summed E-state index contributed by atoms with van der Waals surface area (Å²) in [6.45, 7) is 2.23. The summed E-state index contributed by atoms with van der Waals surface area (Å²) in [6, 6.07) is 0.627. The van der Waals surface area contributed by atoms with E-state index in [1.54, 1.807) is 0 Å². The maximum absolute atomic E-state index is 5.65. The molecule has 0 bridgehead atoms. The van der Waals surface area contributed by atoms with Crippen molar-refractivity contribution in [2.45, 2.75) is 57.9 Å². The molecule has 0 aromatic carbocycles. The van der Waals surface area contributed by atoms with Crippen molar-refractivity contribution in [1.82, 2.24) is 0 Å². The minimum Gasteiger partial charge on any atom is -0.294 e. The first-order valence-electron chi connectivity index (χ1n) is 5.92. The first-order chi connectivity index (χ1) is 6.83. The Morgan fingerprint density at radius 1 is 1.36 bits per heavy atom. The van der Waals surface area contributed by atoms with Crippen LogP contribution in [-0.4, -0.2) is 18.1 Å². The number of hydrogen-bond acceptors (Lipinski definition) is 1. The molecule has 1 fully saturated rings. The van der Waals surface area contributed by atoms with Gasteiger partial charge >= 0.3 is 0 Å². The Morgan fingerprint density at radius 2 is 2.07 bits per heavy atom. The SMILES string of the molecule is CC(C=NC1CCCCC1)CCCCl. The van der Waals surface area contributed by atoms with Gasteiger partial charge in [0.25, 0.3) is 0 Å². The number of nitrogens with zero attached hydrogens (tertiary/aromatic N) is 1. The highest BCUT2D eigenvalue weighted by molar-refractivity contribution is 6.17. The maximum Gasteiger partial charge on any atom is 0.0495 e. The Bertz CT molecular complexity index is 162. The zero-order chi connectivity index (χ0) is 10.2. The molecule has 0 spiro atoms. The van der Waals surface area contributed by atoms with Gasteiger partial charge in [0.05, 0.1) is 0 Å². The van der Waals surface area contributed by atoms with E-state index in [1.807, 2.05) is 0 Å². The fourth-order valence-corrected chi connectivity index (χ4v) is 2.13. The molecule has 1 aliphatic rings. The molecule has 1 aliphatic carbocycles. The smallest absolute Gasteiger partial charge is 0.0495 e. The lowest BCUT2D eigenvalue weighted by Gasteiger charge is -2.17. The highest BCUT2D eigenvalue weighted by Gasteiger charge is 2.11. The van der Waals surface area contributed by atoms with Gasteiger partial charge in [0.2, 0.25) is 0 Å². The van der Waals surface area contributed by atoms with Gasteiger partial charge in [-0.2, -0.15) is 0 Å². The predicted octanol–water partition coefficient (Wildman–Crippen LogP) is 4.05. The predicted molar refractivity (Wildman–Crippen MR) is 64.5 cm³/mol. The molecule has 1 rings (SSSR count). The van der Waals surface area contributed by atoms with E-state index in [0.29, 0.717) is 12.0 Å². The minimum atomic E-state index is 0.607. The number of rotatable bonds is 5. The number of hydrogen-bond donors (Lipinski definition) is 0. The molecule has 0 aromatic heterocycles. The van der Waals surface area contributed by atoms with Gasteiger partial charge in [0.1, 0.15) is 0 Å². The van der Waals surface area contributed by atoms with Crippen molar-refractivity contribution in [2.75, 3.05) is 5.88 Å². The minimum absolute atomic E-state index is 0.607. The Balaban J connectivity index is 2.16. The summed E-state index contributed by atoms with van der Waals surface area (Å²) < 4.78 is 0. The summed E-state index contributed by atoms with van der Waals surface area (Å²) in [7, 11) is 0. The van der Waals surface area contributed by atoms with Crippen molar-refractivity contribution >= 4 is 17.8 Å². The highest BCUT2D eigenvalue weighted by Crippen LogP contribution is 2.20. The van der Waals surface area contributed by atoms with Crippen LogP contribution in [0.4, 0.5) is 0 Å². The molecule has 0 radical (unpaired) electrons. The molecule has 82 valence electrons. The Hall–Kier alpha value is -0.0400. The van der Waals surface area contributed by atoms with E-state index in [9.17, 15) is 0 Å². The topological polar surface area (TPSA) is 12.4 Å². The van der Waals surface area contributed by atoms with Crippen molar-refractivity contribution in [3.05, 3.63) is 0 Å². The molecule has 2 heteroatoms. The van der Waals surface area contributed by atoms with Crippen molar-refractivity contribution in [2.24, 2.45) is 10.9 Å². The van der Waals surface area contributed by atoms with E-state index in [-0.39, 0.29) is 0 Å². The second kappa shape index (κ2) is 7.28. The third kappa shape index (κ3) is 4.99. The van der Waals surface area contributed by atoms with E-state index in [0.717, 1.165) is 12.3 Å². The van der Waals surface area contributed by atoms with Crippen LogP contribution in [0.1, 0.15) is 51.9 Å². The van der Waals surface area contributed by atoms with Gasteiger partial charge in [-0.1, -0.05) is 26.2 Å². The van der Waals surface area contributed by atoms with E-state index < -0.39 is 0 Å². The number of aliphatic imine (C=N–C) groups is 1. The van der Waals surface area contributed by atoms with Crippen LogP contribution in [0.3, 0.4) is 0 Å². The van der Waals surface area contributed by atoms with Crippen LogP contribution >= 0.6 is 11.6 Å². The molecule has 14 heavy (non-hydrogen) atoms. The molecule has 1 nitrogen and oxygen atoms in total. The van der Waals surface area contributed by atoms with Gasteiger partial charge in [0.15, 0.2) is 0 Å². The molecule has 0 aliphatic heterocycles. The quantitative estimate of drug-likeness (QED) is 0.485. The van der Waals surface area contributed by atoms with Gasteiger partial charge in [-0.3, -0.25) is 4.99 Å². The van der Waals surface area contributed by atoms with E-state index in [4.69, 9.17) is 11.6 Å². The van der Waals surface area contributed by atoms with Crippen molar-refractivity contribution in [3.8, 4) is 0 Å². The lowest BCUT2D eigenvalue weighted by molar-refractivity contribution is 0.442. The molecule has 0 saturated heterocycles. The molecule has 0 aromatic rings. The third-order valence-electron chi connectivity index (χ3n) is 2.92. The average molecular weight is 216 g/mol. The first kappa shape index (κ1) is 12.0. The molecule has 1 atom stereocenters. The van der Waals surface area contributed by atoms with Crippen molar-refractivity contribution < 1.29 is 0 Å². The van der Waals surface area contributed by atoms with Gasteiger partial charge in [-0.15, -0.1) is 11.6 Å². The fraction of sp³-hybridized carbons (Fsp3) is 0.917. The van der Waals surface area contributed by atoms with E-state index in [1.165, 1.54) is 38.5 Å². The van der Waals surface area contributed by atoms with Gasteiger partial charge in [0, 0.05) is 18.1 Å². The zero-order valence-electron chi connectivity index (χ0n) is 9.21. The van der Waals surface area contributed by atoms with Crippen LogP contribution in [0.25, 0.3) is 0 Å². The van der Waals surface area contributed by atoms with Crippen LogP contribution in [0.5, 0.6) is 0 Å². The number of alkyl halides is 1. The van der Waals surface area contributed by atoms with Crippen LogP contribution in [0, 0.1) is 5.92 Å². The van der Waals surface area contributed by atoms with Crippen LogP contribution in [0.15, 0.2) is 4.99 Å². The van der Waals surface area contributed by atoms with Crippen LogP contribution < -0.4 is 0 Å². The molecule has 0 amide bonds. The van der Waals surface area contributed by atoms with Gasteiger partial charge in [-0.05, 0) is 31.6 Å². The fourth-order valence-electron chi connectivity index (χ4n) is 1.97. The maximum atomic E-state index is 5.65. The van der Waals surface area contributed by atoms with Crippen LogP contribution in [-0.2, 0) is 0 Å². The molecule has 0 N–H and O–H groups in total. The molecule has 1 saturated carbocycles. The van der Waals surface area contributed by atoms with Crippen LogP contribution in [0.2, 0.25) is 0 Å². The second-order valence-electron chi connectivity index (χ2n) is 4.40. The zero-order valence-corrected chi connectivity index (χ0v) is 9.97. The number of halogens is 1. The highest BCUT2D eigenvalue weighted by atomic mass is 35.5. The summed E-state index contributed by atoms with van der Waals surface area (Å²) in [6.07, 6.45) is 11.2. The summed E-state index contributed by atoms with van der Waals surface area (Å²) in [5, 5.41) is 0.